The SMILES string of the molecule is Cc1cccc(NC(=O)COCC(=O)N2CCCCC2)c1. The summed E-state index contributed by atoms with van der Waals surface area (Å²) in [7, 11) is 0. The molecule has 0 atom stereocenters. The highest BCUT2D eigenvalue weighted by atomic mass is 16.5. The van der Waals surface area contributed by atoms with Gasteiger partial charge in [-0.2, -0.15) is 0 Å². The predicted molar refractivity (Wildman–Crippen MR) is 81.1 cm³/mol. The number of hydrogen-bond donors (Lipinski definition) is 1. The van der Waals surface area contributed by atoms with Crippen molar-refractivity contribution in [2.45, 2.75) is 26.2 Å². The summed E-state index contributed by atoms with van der Waals surface area (Å²) in [5, 5.41) is 2.75. The fourth-order valence-corrected chi connectivity index (χ4v) is 2.39. The lowest BCUT2D eigenvalue weighted by molar-refractivity contribution is -0.138. The predicted octanol–water partition coefficient (Wildman–Crippen LogP) is 1.96. The summed E-state index contributed by atoms with van der Waals surface area (Å²) in [6.07, 6.45) is 3.29. The maximum Gasteiger partial charge on any atom is 0.250 e. The first kappa shape index (κ1) is 15.5. The van der Waals surface area contributed by atoms with Gasteiger partial charge < -0.3 is 15.0 Å². The second-order valence-electron chi connectivity index (χ2n) is 5.35. The highest BCUT2D eigenvalue weighted by molar-refractivity contribution is 5.92. The summed E-state index contributed by atoms with van der Waals surface area (Å²) >= 11 is 0. The van der Waals surface area contributed by atoms with Crippen LogP contribution in [0.5, 0.6) is 0 Å². The minimum atomic E-state index is -0.243. The van der Waals surface area contributed by atoms with Crippen LogP contribution in [0.1, 0.15) is 24.8 Å². The molecule has 1 aromatic rings. The topological polar surface area (TPSA) is 58.6 Å². The monoisotopic (exact) mass is 290 g/mol. The molecule has 1 fully saturated rings. The summed E-state index contributed by atoms with van der Waals surface area (Å²) in [6.45, 7) is 3.44. The Morgan fingerprint density at radius 1 is 1.19 bits per heavy atom. The summed E-state index contributed by atoms with van der Waals surface area (Å²) in [5.74, 6) is -0.273. The minimum Gasteiger partial charge on any atom is -0.362 e. The zero-order chi connectivity index (χ0) is 15.1. The molecule has 2 rings (SSSR count). The number of rotatable bonds is 5. The van der Waals surface area contributed by atoms with E-state index < -0.39 is 0 Å². The van der Waals surface area contributed by atoms with Gasteiger partial charge in [0.1, 0.15) is 13.2 Å². The van der Waals surface area contributed by atoms with Gasteiger partial charge in [0.05, 0.1) is 0 Å². The van der Waals surface area contributed by atoms with Crippen LogP contribution in [0.4, 0.5) is 5.69 Å². The van der Waals surface area contributed by atoms with Crippen LogP contribution in [0.15, 0.2) is 24.3 Å². The van der Waals surface area contributed by atoms with Crippen molar-refractivity contribution in [3.63, 3.8) is 0 Å². The molecule has 1 N–H and O–H groups in total. The summed E-state index contributed by atoms with van der Waals surface area (Å²) in [4.78, 5) is 25.4. The number of piperidine rings is 1. The molecule has 0 spiro atoms. The van der Waals surface area contributed by atoms with Crippen molar-refractivity contribution in [3.05, 3.63) is 29.8 Å². The third-order valence-electron chi connectivity index (χ3n) is 3.47. The molecule has 0 aliphatic carbocycles. The normalized spacial score (nSPS) is 14.8. The first-order chi connectivity index (χ1) is 10.1. The molecular formula is C16H22N2O3. The molecule has 0 radical (unpaired) electrons. The van der Waals surface area contributed by atoms with Crippen molar-refractivity contribution >= 4 is 17.5 Å². The number of carbonyl (C=O) groups is 2. The van der Waals surface area contributed by atoms with Crippen LogP contribution in [0.3, 0.4) is 0 Å². The van der Waals surface area contributed by atoms with Gasteiger partial charge in [-0.05, 0) is 43.9 Å². The van der Waals surface area contributed by atoms with E-state index in [4.69, 9.17) is 4.74 Å². The van der Waals surface area contributed by atoms with Gasteiger partial charge in [-0.15, -0.1) is 0 Å². The van der Waals surface area contributed by atoms with Gasteiger partial charge in [-0.3, -0.25) is 9.59 Å². The Hall–Kier alpha value is -1.88. The highest BCUT2D eigenvalue weighted by Gasteiger charge is 2.16. The largest absolute Gasteiger partial charge is 0.362 e. The summed E-state index contributed by atoms with van der Waals surface area (Å²) < 4.78 is 5.21. The van der Waals surface area contributed by atoms with Crippen molar-refractivity contribution in [1.29, 1.82) is 0 Å². The molecule has 0 unspecified atom stereocenters. The Balaban J connectivity index is 1.68. The number of amides is 2. The van der Waals surface area contributed by atoms with Crippen molar-refractivity contribution in [3.8, 4) is 0 Å². The van der Waals surface area contributed by atoms with E-state index >= 15 is 0 Å². The molecule has 2 amide bonds. The van der Waals surface area contributed by atoms with E-state index in [9.17, 15) is 9.59 Å². The number of nitrogens with one attached hydrogen (secondary N) is 1. The van der Waals surface area contributed by atoms with Crippen molar-refractivity contribution < 1.29 is 14.3 Å². The lowest BCUT2D eigenvalue weighted by Gasteiger charge is -2.26. The minimum absolute atomic E-state index is 0.0266. The maximum absolute atomic E-state index is 11.9. The number of aryl methyl sites for hydroxylation is 1. The Morgan fingerprint density at radius 2 is 1.95 bits per heavy atom. The Labute approximate surface area is 125 Å². The first-order valence-corrected chi connectivity index (χ1v) is 7.37. The molecular weight excluding hydrogens is 268 g/mol. The molecule has 5 nitrogen and oxygen atoms in total. The van der Waals surface area contributed by atoms with E-state index in [0.717, 1.165) is 37.2 Å². The standard InChI is InChI=1S/C16H22N2O3/c1-13-6-5-7-14(10-13)17-15(19)11-21-12-16(20)18-8-3-2-4-9-18/h5-7,10H,2-4,8-9,11-12H2,1H3,(H,17,19). The second-order valence-corrected chi connectivity index (χ2v) is 5.35. The maximum atomic E-state index is 11.9. The average Bonchev–Trinajstić information content (AvgIpc) is 2.48. The summed E-state index contributed by atoms with van der Waals surface area (Å²) in [5.41, 5.74) is 1.82. The van der Waals surface area contributed by atoms with Gasteiger partial charge in [-0.25, -0.2) is 0 Å². The van der Waals surface area contributed by atoms with Gasteiger partial charge in [0.25, 0.3) is 0 Å². The van der Waals surface area contributed by atoms with E-state index in [1.165, 1.54) is 6.42 Å². The molecule has 114 valence electrons. The zero-order valence-electron chi connectivity index (χ0n) is 12.4. The Bertz CT molecular complexity index is 496. The van der Waals surface area contributed by atoms with Gasteiger partial charge in [-0.1, -0.05) is 12.1 Å². The Kier molecular flexibility index (Phi) is 5.75. The lowest BCUT2D eigenvalue weighted by Crippen LogP contribution is -2.38. The number of nitrogens with zero attached hydrogens (tertiary/aromatic N) is 1. The van der Waals surface area contributed by atoms with Crippen LogP contribution in [0.2, 0.25) is 0 Å². The van der Waals surface area contributed by atoms with Crippen LogP contribution in [-0.4, -0.2) is 43.0 Å². The van der Waals surface area contributed by atoms with Crippen LogP contribution in [0, 0.1) is 6.92 Å². The van der Waals surface area contributed by atoms with Crippen molar-refractivity contribution in [2.75, 3.05) is 31.6 Å². The van der Waals surface area contributed by atoms with Crippen molar-refractivity contribution in [2.24, 2.45) is 0 Å². The number of carbonyl (C=O) groups excluding carboxylic acids is 2. The summed E-state index contributed by atoms with van der Waals surface area (Å²) in [6, 6.07) is 7.55. The third kappa shape index (κ3) is 5.19. The highest BCUT2D eigenvalue weighted by Crippen LogP contribution is 2.10. The lowest BCUT2D eigenvalue weighted by atomic mass is 10.1. The fourth-order valence-electron chi connectivity index (χ4n) is 2.39. The van der Waals surface area contributed by atoms with Gasteiger partial charge in [0.2, 0.25) is 11.8 Å². The van der Waals surface area contributed by atoms with Crippen molar-refractivity contribution in [1.82, 2.24) is 4.90 Å². The molecule has 21 heavy (non-hydrogen) atoms. The van der Waals surface area contributed by atoms with Gasteiger partial charge in [0.15, 0.2) is 0 Å². The first-order valence-electron chi connectivity index (χ1n) is 7.37. The molecule has 0 aromatic heterocycles. The number of hydrogen-bond acceptors (Lipinski definition) is 3. The number of likely N-dealkylation sites (tertiary alicyclic amines) is 1. The smallest absolute Gasteiger partial charge is 0.250 e. The van der Waals surface area contributed by atoms with E-state index in [0.29, 0.717) is 0 Å². The van der Waals surface area contributed by atoms with Crippen LogP contribution < -0.4 is 5.32 Å². The molecule has 0 bridgehead atoms. The van der Waals surface area contributed by atoms with Gasteiger partial charge >= 0.3 is 0 Å². The molecule has 1 aliphatic heterocycles. The zero-order valence-corrected chi connectivity index (χ0v) is 12.4. The Morgan fingerprint density at radius 3 is 2.67 bits per heavy atom. The quantitative estimate of drug-likeness (QED) is 0.902. The second kappa shape index (κ2) is 7.78. The molecule has 1 saturated heterocycles. The van der Waals surface area contributed by atoms with E-state index in [-0.39, 0.29) is 25.0 Å². The molecule has 1 heterocycles. The number of benzene rings is 1. The van der Waals surface area contributed by atoms with Gasteiger partial charge in [0, 0.05) is 18.8 Å². The molecule has 1 aromatic carbocycles. The fraction of sp³-hybridized carbons (Fsp3) is 0.500. The number of ether oxygens (including phenoxy) is 1. The number of anilines is 1. The molecule has 1 aliphatic rings. The van der Waals surface area contributed by atoms with Crippen LogP contribution in [0.25, 0.3) is 0 Å². The van der Waals surface area contributed by atoms with E-state index in [2.05, 4.69) is 5.32 Å². The van der Waals surface area contributed by atoms with E-state index in [1.54, 1.807) is 0 Å². The van der Waals surface area contributed by atoms with E-state index in [1.807, 2.05) is 36.1 Å². The van der Waals surface area contributed by atoms with Crippen LogP contribution >= 0.6 is 0 Å². The average molecular weight is 290 g/mol. The van der Waals surface area contributed by atoms with Crippen LogP contribution in [-0.2, 0) is 14.3 Å². The molecule has 0 saturated carbocycles. The third-order valence-corrected chi connectivity index (χ3v) is 3.47. The molecule has 5 heteroatoms.